The Morgan fingerprint density at radius 2 is 1.78 bits per heavy atom. The van der Waals surface area contributed by atoms with Crippen LogP contribution in [-0.2, 0) is 20.6 Å². The number of carbonyl (C=O) groups is 3. The Hall–Kier alpha value is -5.37. The molecule has 2 aromatic carbocycles. The van der Waals surface area contributed by atoms with Gasteiger partial charge in [0.25, 0.3) is 5.91 Å². The van der Waals surface area contributed by atoms with E-state index in [1.165, 1.54) is 0 Å². The number of primary amides is 1. The topological polar surface area (TPSA) is 180 Å². The molecule has 0 fully saturated rings. The van der Waals surface area contributed by atoms with Gasteiger partial charge in [0, 0.05) is 41.8 Å². The number of methoxy groups -OCH3 is 1. The van der Waals surface area contributed by atoms with Crippen LogP contribution in [0.5, 0.6) is 5.75 Å². The summed E-state index contributed by atoms with van der Waals surface area (Å²) in [5.41, 5.74) is 8.69. The van der Waals surface area contributed by atoms with Crippen molar-refractivity contribution in [2.24, 2.45) is 11.1 Å². The summed E-state index contributed by atoms with van der Waals surface area (Å²) in [5.74, 6) is 0.835. The van der Waals surface area contributed by atoms with Crippen molar-refractivity contribution in [3.05, 3.63) is 66.1 Å². The van der Waals surface area contributed by atoms with Crippen molar-refractivity contribution in [2.45, 2.75) is 66.6 Å². The molecule has 0 aliphatic heterocycles. The van der Waals surface area contributed by atoms with Gasteiger partial charge in [0.2, 0.25) is 0 Å². The highest BCUT2D eigenvalue weighted by molar-refractivity contribution is 5.96. The third-order valence-electron chi connectivity index (χ3n) is 7.61. The summed E-state index contributed by atoms with van der Waals surface area (Å²) in [4.78, 5) is 46.0. The van der Waals surface area contributed by atoms with Gasteiger partial charge in [0.15, 0.2) is 11.5 Å². The van der Waals surface area contributed by atoms with Crippen LogP contribution >= 0.6 is 0 Å². The molecule has 0 aliphatic rings. The van der Waals surface area contributed by atoms with E-state index in [9.17, 15) is 14.4 Å². The number of anilines is 3. The van der Waals surface area contributed by atoms with Gasteiger partial charge in [-0.3, -0.25) is 14.5 Å². The lowest BCUT2D eigenvalue weighted by Crippen LogP contribution is -2.38. The van der Waals surface area contributed by atoms with Gasteiger partial charge in [0.05, 0.1) is 37.4 Å². The number of aromatic nitrogens is 3. The lowest BCUT2D eigenvalue weighted by atomic mass is 9.89. The number of nitrogens with one attached hydrogen (secondary N) is 3. The molecule has 0 aliphatic carbocycles. The first kappa shape index (κ1) is 37.4. The van der Waals surface area contributed by atoms with Crippen molar-refractivity contribution in [1.82, 2.24) is 19.7 Å². The summed E-state index contributed by atoms with van der Waals surface area (Å²) >= 11 is 0. The van der Waals surface area contributed by atoms with E-state index < -0.39 is 17.8 Å². The van der Waals surface area contributed by atoms with E-state index in [2.05, 4.69) is 25.9 Å². The zero-order valence-corrected chi connectivity index (χ0v) is 29.9. The summed E-state index contributed by atoms with van der Waals surface area (Å²) in [6.07, 6.45) is 3.91. The maximum absolute atomic E-state index is 13.1. The van der Waals surface area contributed by atoms with Crippen LogP contribution in [0.15, 0.2) is 55.0 Å². The highest BCUT2D eigenvalue weighted by Crippen LogP contribution is 2.34. The summed E-state index contributed by atoms with van der Waals surface area (Å²) in [5, 5.41) is 9.09. The van der Waals surface area contributed by atoms with Crippen molar-refractivity contribution < 1.29 is 33.3 Å². The summed E-state index contributed by atoms with van der Waals surface area (Å²) in [6.45, 7) is 13.8. The minimum absolute atomic E-state index is 0.0255. The maximum atomic E-state index is 13.1. The van der Waals surface area contributed by atoms with Crippen LogP contribution in [0.4, 0.5) is 26.8 Å². The summed E-state index contributed by atoms with van der Waals surface area (Å²) in [7, 11) is 1.55. The van der Waals surface area contributed by atoms with Gasteiger partial charge >= 0.3 is 12.2 Å². The molecule has 268 valence electrons. The molecule has 2 heterocycles. The van der Waals surface area contributed by atoms with E-state index in [1.807, 2.05) is 50.3 Å². The molecule has 50 heavy (non-hydrogen) atoms. The Labute approximate surface area is 292 Å². The van der Waals surface area contributed by atoms with Crippen LogP contribution in [0.1, 0.15) is 64.4 Å². The number of nitrogens with zero attached hydrogens (tertiary/aromatic N) is 3. The zero-order chi connectivity index (χ0) is 36.6. The normalized spacial score (nSPS) is 12.2. The molecule has 1 unspecified atom stereocenters. The molecule has 14 nitrogen and oxygen atoms in total. The number of nitrogens with two attached hydrogens (primary N) is 1. The molecule has 14 heteroatoms. The number of fused-ring (bicyclic) bond motifs is 1. The molecule has 4 rings (SSSR count). The number of rotatable bonds is 13. The second-order valence-electron chi connectivity index (χ2n) is 13.6. The molecule has 0 saturated carbocycles. The Morgan fingerprint density at radius 3 is 2.44 bits per heavy atom. The number of hydrogen-bond acceptors (Lipinski definition) is 10. The molecule has 2 aromatic heterocycles. The fourth-order valence-corrected chi connectivity index (χ4v) is 5.09. The van der Waals surface area contributed by atoms with Crippen LogP contribution in [-0.4, -0.2) is 71.0 Å². The quantitative estimate of drug-likeness (QED) is 0.116. The largest absolute Gasteiger partial charge is 0.497 e. The van der Waals surface area contributed by atoms with Gasteiger partial charge in [0.1, 0.15) is 18.0 Å². The highest BCUT2D eigenvalue weighted by Gasteiger charge is 2.27. The Bertz CT molecular complexity index is 1830. The van der Waals surface area contributed by atoms with Crippen molar-refractivity contribution >= 4 is 40.9 Å². The molecule has 0 spiro atoms. The van der Waals surface area contributed by atoms with Crippen LogP contribution in [0, 0.1) is 5.41 Å². The second kappa shape index (κ2) is 15.9. The fourth-order valence-electron chi connectivity index (χ4n) is 5.09. The Kier molecular flexibility index (Phi) is 11.9. The average molecular weight is 690 g/mol. The van der Waals surface area contributed by atoms with Crippen molar-refractivity contribution in [2.75, 3.05) is 37.5 Å². The summed E-state index contributed by atoms with van der Waals surface area (Å²) < 4.78 is 23.6. The van der Waals surface area contributed by atoms with Crippen LogP contribution < -0.4 is 26.4 Å². The molecule has 0 radical (unpaired) electrons. The predicted octanol–water partition coefficient (Wildman–Crippen LogP) is 6.31. The van der Waals surface area contributed by atoms with E-state index in [4.69, 9.17) is 24.7 Å². The van der Waals surface area contributed by atoms with Crippen LogP contribution in [0.2, 0.25) is 0 Å². The lowest BCUT2D eigenvalue weighted by molar-refractivity contribution is -0.0498. The first-order valence-corrected chi connectivity index (χ1v) is 16.3. The van der Waals surface area contributed by atoms with E-state index in [0.717, 1.165) is 11.3 Å². The van der Waals surface area contributed by atoms with Gasteiger partial charge in [-0.1, -0.05) is 27.7 Å². The van der Waals surface area contributed by atoms with Gasteiger partial charge in [-0.2, -0.15) is 0 Å². The molecule has 0 saturated heterocycles. The van der Waals surface area contributed by atoms with E-state index in [1.54, 1.807) is 64.7 Å². The number of benzene rings is 2. The number of aryl methyl sites for hydroxylation is 1. The number of imidazole rings is 1. The van der Waals surface area contributed by atoms with E-state index >= 15 is 0 Å². The molecule has 4 aromatic rings. The minimum atomic E-state index is -0.861. The fraction of sp³-hybridized carbons (Fsp3) is 0.417. The molecule has 1 atom stereocenters. The minimum Gasteiger partial charge on any atom is -0.497 e. The monoisotopic (exact) mass is 689 g/mol. The smallest absolute Gasteiger partial charge is 0.412 e. The molecular weight excluding hydrogens is 642 g/mol. The summed E-state index contributed by atoms with van der Waals surface area (Å²) in [6, 6.07) is 10.8. The first-order valence-electron chi connectivity index (χ1n) is 16.3. The number of hydrogen-bond donors (Lipinski definition) is 4. The highest BCUT2D eigenvalue weighted by atomic mass is 16.6. The van der Waals surface area contributed by atoms with E-state index in [0.29, 0.717) is 46.1 Å². The second-order valence-corrected chi connectivity index (χ2v) is 13.6. The van der Waals surface area contributed by atoms with Gasteiger partial charge < -0.3 is 35.3 Å². The molecule has 5 N–H and O–H groups in total. The SMILES string of the molecule is CCc1cc(Nc2nccn3c(-c4ccc(OC)cc4NC(=O)OC(C)(C)C)cnc23)ccc1C(=O)NCCOC(COC(N)=O)C(C)(C)C. The molecule has 0 bridgehead atoms. The van der Waals surface area contributed by atoms with Crippen molar-refractivity contribution in [3.8, 4) is 17.0 Å². The number of ether oxygens (including phenoxy) is 4. The first-order chi connectivity index (χ1) is 23.6. The average Bonchev–Trinajstić information content (AvgIpc) is 3.47. The van der Waals surface area contributed by atoms with Crippen molar-refractivity contribution in [3.63, 3.8) is 0 Å². The Morgan fingerprint density at radius 1 is 1.02 bits per heavy atom. The lowest BCUT2D eigenvalue weighted by Gasteiger charge is -2.30. The third kappa shape index (κ3) is 9.84. The number of amides is 3. The Balaban J connectivity index is 1.50. The zero-order valence-electron chi connectivity index (χ0n) is 29.9. The van der Waals surface area contributed by atoms with Crippen LogP contribution in [0.3, 0.4) is 0 Å². The van der Waals surface area contributed by atoms with Gasteiger partial charge in [-0.05, 0) is 68.5 Å². The predicted molar refractivity (Wildman–Crippen MR) is 191 cm³/mol. The number of carbonyl (C=O) groups excluding carboxylic acids is 3. The maximum Gasteiger partial charge on any atom is 0.412 e. The van der Waals surface area contributed by atoms with Gasteiger partial charge in [-0.25, -0.2) is 19.6 Å². The standard InChI is InChI=1S/C36H47N7O7/c1-9-22-18-23(10-12-25(22)32(44)39-15-17-48-29(35(2,3)4)21-49-33(37)45)41-30-31-40-20-28(43(31)16-14-38-30)26-13-11-24(47-8)19-27(26)42-34(46)50-36(5,6)7/h10-14,16,18-20,29H,9,15,17,21H2,1-8H3,(H2,37,45)(H,38,41)(H,39,44)(H,42,46). The van der Waals surface area contributed by atoms with E-state index in [-0.39, 0.29) is 37.2 Å². The third-order valence-corrected chi connectivity index (χ3v) is 7.61. The van der Waals surface area contributed by atoms with Gasteiger partial charge in [-0.15, -0.1) is 0 Å². The van der Waals surface area contributed by atoms with Crippen LogP contribution in [0.25, 0.3) is 16.9 Å². The molecule has 3 amide bonds. The molecular formula is C36H47N7O7. The van der Waals surface area contributed by atoms with Crippen molar-refractivity contribution in [1.29, 1.82) is 0 Å².